The SMILES string of the molecule is Cc1cc2c(=O)c3cc(C4CNC4)ccc3oc2nc1N. The normalized spacial score (nSPS) is 15.5. The smallest absolute Gasteiger partial charge is 0.232 e. The Morgan fingerprint density at radius 3 is 2.81 bits per heavy atom. The summed E-state index contributed by atoms with van der Waals surface area (Å²) < 4.78 is 5.74. The zero-order valence-corrected chi connectivity index (χ0v) is 11.6. The van der Waals surface area contributed by atoms with Crippen molar-refractivity contribution in [2.24, 2.45) is 0 Å². The van der Waals surface area contributed by atoms with Crippen LogP contribution in [0, 0.1) is 6.92 Å². The molecule has 0 aliphatic carbocycles. The Hall–Kier alpha value is -2.40. The number of nitrogens with zero attached hydrogens (tertiary/aromatic N) is 1. The molecular weight excluding hydrogens is 266 g/mol. The number of nitrogens with two attached hydrogens (primary N) is 1. The molecule has 1 fully saturated rings. The highest BCUT2D eigenvalue weighted by molar-refractivity contribution is 5.89. The number of fused-ring (bicyclic) bond motifs is 2. The molecule has 2 aromatic heterocycles. The van der Waals surface area contributed by atoms with E-state index in [4.69, 9.17) is 10.2 Å². The van der Waals surface area contributed by atoms with Crippen LogP contribution in [0.2, 0.25) is 0 Å². The molecule has 5 nitrogen and oxygen atoms in total. The van der Waals surface area contributed by atoms with E-state index in [9.17, 15) is 4.79 Å². The van der Waals surface area contributed by atoms with E-state index < -0.39 is 0 Å². The number of benzene rings is 1. The summed E-state index contributed by atoms with van der Waals surface area (Å²) in [7, 11) is 0. The maximum absolute atomic E-state index is 12.7. The topological polar surface area (TPSA) is 81.2 Å². The lowest BCUT2D eigenvalue weighted by Gasteiger charge is -2.27. The van der Waals surface area contributed by atoms with Gasteiger partial charge in [0.15, 0.2) is 0 Å². The largest absolute Gasteiger partial charge is 0.437 e. The first kappa shape index (κ1) is 12.3. The van der Waals surface area contributed by atoms with Crippen LogP contribution in [-0.2, 0) is 0 Å². The third-order valence-electron chi connectivity index (χ3n) is 4.17. The molecule has 1 aliphatic heterocycles. The molecular formula is C16H15N3O2. The quantitative estimate of drug-likeness (QED) is 0.666. The van der Waals surface area contributed by atoms with Crippen LogP contribution in [0.15, 0.2) is 33.5 Å². The Balaban J connectivity index is 2.04. The lowest BCUT2D eigenvalue weighted by atomic mass is 9.93. The molecule has 0 unspecified atom stereocenters. The van der Waals surface area contributed by atoms with Crippen molar-refractivity contribution < 1.29 is 4.42 Å². The maximum Gasteiger partial charge on any atom is 0.232 e. The van der Waals surface area contributed by atoms with E-state index in [0.717, 1.165) is 18.7 Å². The van der Waals surface area contributed by atoms with E-state index in [1.165, 1.54) is 5.56 Å². The van der Waals surface area contributed by atoms with Crippen LogP contribution in [0.1, 0.15) is 17.0 Å². The van der Waals surface area contributed by atoms with Crippen molar-refractivity contribution >= 4 is 27.9 Å². The highest BCUT2D eigenvalue weighted by Gasteiger charge is 2.20. The predicted molar refractivity (Wildman–Crippen MR) is 82.5 cm³/mol. The molecule has 3 aromatic rings. The molecule has 106 valence electrons. The van der Waals surface area contributed by atoms with E-state index in [2.05, 4.69) is 10.3 Å². The number of rotatable bonds is 1. The molecule has 3 N–H and O–H groups in total. The van der Waals surface area contributed by atoms with Crippen LogP contribution < -0.4 is 16.5 Å². The van der Waals surface area contributed by atoms with Crippen molar-refractivity contribution in [3.05, 3.63) is 45.6 Å². The van der Waals surface area contributed by atoms with Gasteiger partial charge >= 0.3 is 0 Å². The van der Waals surface area contributed by atoms with E-state index in [-0.39, 0.29) is 5.43 Å². The van der Waals surface area contributed by atoms with Gasteiger partial charge < -0.3 is 15.5 Å². The van der Waals surface area contributed by atoms with Crippen molar-refractivity contribution in [1.82, 2.24) is 10.3 Å². The van der Waals surface area contributed by atoms with Crippen molar-refractivity contribution in [2.45, 2.75) is 12.8 Å². The van der Waals surface area contributed by atoms with Gasteiger partial charge in [-0.1, -0.05) is 6.07 Å². The molecule has 0 atom stereocenters. The van der Waals surface area contributed by atoms with Crippen molar-refractivity contribution in [2.75, 3.05) is 18.8 Å². The number of aryl methyl sites for hydroxylation is 1. The first-order valence-electron chi connectivity index (χ1n) is 6.98. The van der Waals surface area contributed by atoms with Gasteiger partial charge in [-0.2, -0.15) is 4.98 Å². The summed E-state index contributed by atoms with van der Waals surface area (Å²) in [6.45, 7) is 3.76. The maximum atomic E-state index is 12.7. The van der Waals surface area contributed by atoms with Crippen LogP contribution in [0.25, 0.3) is 22.1 Å². The minimum absolute atomic E-state index is 0.0454. The van der Waals surface area contributed by atoms with Gasteiger partial charge in [0, 0.05) is 19.0 Å². The summed E-state index contributed by atoms with van der Waals surface area (Å²) in [5.74, 6) is 0.873. The Morgan fingerprint density at radius 1 is 1.29 bits per heavy atom. The second-order valence-electron chi connectivity index (χ2n) is 5.59. The first-order valence-corrected chi connectivity index (χ1v) is 6.98. The predicted octanol–water partition coefficient (Wildman–Crippen LogP) is 1.92. The summed E-state index contributed by atoms with van der Waals surface area (Å²) in [6, 6.07) is 7.56. The number of anilines is 1. The van der Waals surface area contributed by atoms with E-state index in [1.807, 2.05) is 25.1 Å². The fourth-order valence-electron chi connectivity index (χ4n) is 2.69. The van der Waals surface area contributed by atoms with Crippen LogP contribution in [0.4, 0.5) is 5.82 Å². The molecule has 0 saturated carbocycles. The summed E-state index contributed by atoms with van der Waals surface area (Å²) in [5, 5.41) is 4.33. The second kappa shape index (κ2) is 4.30. The lowest BCUT2D eigenvalue weighted by molar-refractivity contribution is 0.448. The molecule has 0 radical (unpaired) electrons. The summed E-state index contributed by atoms with van der Waals surface area (Å²) in [5.41, 5.74) is 8.56. The molecule has 0 amide bonds. The molecule has 5 heteroatoms. The standard InChI is InChI=1S/C16H15N3O2/c1-8-4-12-14(20)11-5-9(10-6-18-7-10)2-3-13(11)21-16(12)19-15(8)17/h2-5,10,18H,6-7H2,1H3,(H2,17,19). The summed E-state index contributed by atoms with van der Waals surface area (Å²) in [6.07, 6.45) is 0. The fourth-order valence-corrected chi connectivity index (χ4v) is 2.69. The number of hydrogen-bond acceptors (Lipinski definition) is 5. The molecule has 1 aliphatic rings. The Morgan fingerprint density at radius 2 is 2.10 bits per heavy atom. The van der Waals surface area contributed by atoms with Gasteiger partial charge in [-0.15, -0.1) is 0 Å². The Kier molecular flexibility index (Phi) is 2.53. The number of aromatic nitrogens is 1. The van der Waals surface area contributed by atoms with Crippen LogP contribution in [0.5, 0.6) is 0 Å². The minimum atomic E-state index is -0.0454. The lowest BCUT2D eigenvalue weighted by Crippen LogP contribution is -2.39. The zero-order valence-electron chi connectivity index (χ0n) is 11.6. The minimum Gasteiger partial charge on any atom is -0.437 e. The number of pyridine rings is 1. The van der Waals surface area contributed by atoms with Crippen molar-refractivity contribution in [3.63, 3.8) is 0 Å². The monoisotopic (exact) mass is 281 g/mol. The van der Waals surface area contributed by atoms with Crippen LogP contribution >= 0.6 is 0 Å². The van der Waals surface area contributed by atoms with Crippen molar-refractivity contribution in [3.8, 4) is 0 Å². The van der Waals surface area contributed by atoms with Gasteiger partial charge in [-0.05, 0) is 36.2 Å². The zero-order chi connectivity index (χ0) is 14.6. The Bertz CT molecular complexity index is 926. The second-order valence-corrected chi connectivity index (χ2v) is 5.59. The highest BCUT2D eigenvalue weighted by atomic mass is 16.3. The number of hydrogen-bond donors (Lipinski definition) is 2. The van der Waals surface area contributed by atoms with Gasteiger partial charge in [0.1, 0.15) is 11.4 Å². The molecule has 1 aromatic carbocycles. The third kappa shape index (κ3) is 1.81. The summed E-state index contributed by atoms with van der Waals surface area (Å²) >= 11 is 0. The number of nitrogens with one attached hydrogen (secondary N) is 1. The van der Waals surface area contributed by atoms with Gasteiger partial charge in [0.05, 0.1) is 10.8 Å². The van der Waals surface area contributed by atoms with Gasteiger partial charge in [0.2, 0.25) is 11.1 Å². The molecule has 0 bridgehead atoms. The van der Waals surface area contributed by atoms with E-state index >= 15 is 0 Å². The van der Waals surface area contributed by atoms with Gasteiger partial charge in [-0.3, -0.25) is 4.79 Å². The molecule has 3 heterocycles. The average Bonchev–Trinajstić information content (AvgIpc) is 2.40. The van der Waals surface area contributed by atoms with E-state index in [1.54, 1.807) is 6.07 Å². The molecule has 4 rings (SSSR count). The average molecular weight is 281 g/mol. The molecule has 21 heavy (non-hydrogen) atoms. The highest BCUT2D eigenvalue weighted by Crippen LogP contribution is 2.25. The third-order valence-corrected chi connectivity index (χ3v) is 4.17. The first-order chi connectivity index (χ1) is 10.1. The molecule has 1 saturated heterocycles. The fraction of sp³-hybridized carbons (Fsp3) is 0.250. The van der Waals surface area contributed by atoms with Crippen molar-refractivity contribution in [1.29, 1.82) is 0 Å². The Labute approximate surface area is 120 Å². The van der Waals surface area contributed by atoms with Crippen LogP contribution in [-0.4, -0.2) is 18.1 Å². The van der Waals surface area contributed by atoms with Gasteiger partial charge in [-0.25, -0.2) is 0 Å². The number of nitrogen functional groups attached to an aromatic ring is 1. The van der Waals surface area contributed by atoms with Crippen LogP contribution in [0.3, 0.4) is 0 Å². The summed E-state index contributed by atoms with van der Waals surface area (Å²) in [4.78, 5) is 16.8. The van der Waals surface area contributed by atoms with E-state index in [0.29, 0.717) is 33.8 Å². The molecule has 0 spiro atoms. The van der Waals surface area contributed by atoms with Gasteiger partial charge in [0.25, 0.3) is 0 Å².